The van der Waals surface area contributed by atoms with E-state index in [2.05, 4.69) is 11.6 Å². The summed E-state index contributed by atoms with van der Waals surface area (Å²) in [4.78, 5) is 4.15. The van der Waals surface area contributed by atoms with Crippen LogP contribution in [0.1, 0.15) is 12.8 Å². The second-order valence-corrected chi connectivity index (χ2v) is 3.36. The van der Waals surface area contributed by atoms with E-state index < -0.39 is 0 Å². The molecule has 0 fully saturated rings. The van der Waals surface area contributed by atoms with Gasteiger partial charge in [-0.05, 0) is 19.4 Å². The van der Waals surface area contributed by atoms with Crippen molar-refractivity contribution in [1.29, 1.82) is 0 Å². The van der Waals surface area contributed by atoms with Crippen molar-refractivity contribution < 1.29 is 0 Å². The minimum Gasteiger partial charge on any atom is -0.379 e. The zero-order valence-corrected chi connectivity index (χ0v) is 8.15. The topological polar surface area (TPSA) is 64.4 Å². The fourth-order valence-electron chi connectivity index (χ4n) is 0.635. The molecule has 0 rings (SSSR count). The third-order valence-electron chi connectivity index (χ3n) is 1.23. The third-order valence-corrected chi connectivity index (χ3v) is 2.06. The van der Waals surface area contributed by atoms with Crippen molar-refractivity contribution in [2.75, 3.05) is 18.8 Å². The van der Waals surface area contributed by atoms with Gasteiger partial charge in [-0.15, -0.1) is 6.58 Å². The number of unbranched alkanes of at least 4 members (excludes halogenated alkanes) is 1. The highest BCUT2D eigenvalue weighted by Crippen LogP contribution is 1.99. The normalized spacial score (nSPS) is 11.6. The van der Waals surface area contributed by atoms with E-state index in [1.54, 1.807) is 0 Å². The van der Waals surface area contributed by atoms with Gasteiger partial charge < -0.3 is 11.5 Å². The molecule has 0 saturated carbocycles. The van der Waals surface area contributed by atoms with Crippen LogP contribution in [-0.4, -0.2) is 24.0 Å². The van der Waals surface area contributed by atoms with Gasteiger partial charge in [0.15, 0.2) is 5.17 Å². The Hall–Kier alpha value is -0.480. The zero-order valence-electron chi connectivity index (χ0n) is 7.33. The fraction of sp³-hybridized carbons (Fsp3) is 0.625. The number of rotatable bonds is 6. The molecule has 70 valence electrons. The largest absolute Gasteiger partial charge is 0.379 e. The number of nitrogens with zero attached hydrogens (tertiary/aromatic N) is 1. The van der Waals surface area contributed by atoms with Crippen LogP contribution in [0.5, 0.6) is 0 Å². The fourth-order valence-corrected chi connectivity index (χ4v) is 1.11. The van der Waals surface area contributed by atoms with E-state index in [0.29, 0.717) is 5.17 Å². The van der Waals surface area contributed by atoms with Gasteiger partial charge in [-0.1, -0.05) is 17.8 Å². The first-order valence-corrected chi connectivity index (χ1v) is 5.03. The minimum absolute atomic E-state index is 0.645. The summed E-state index contributed by atoms with van der Waals surface area (Å²) >= 11 is 1.51. The molecule has 4 heteroatoms. The molecular formula is C8H17N3S. The molecule has 0 aromatic heterocycles. The first kappa shape index (κ1) is 11.5. The van der Waals surface area contributed by atoms with Crippen LogP contribution in [0.25, 0.3) is 0 Å². The van der Waals surface area contributed by atoms with Gasteiger partial charge in [-0.3, -0.25) is 4.99 Å². The molecule has 0 aliphatic carbocycles. The Morgan fingerprint density at radius 3 is 2.83 bits per heavy atom. The van der Waals surface area contributed by atoms with E-state index in [1.807, 2.05) is 6.08 Å². The molecule has 0 saturated heterocycles. The van der Waals surface area contributed by atoms with Gasteiger partial charge in [0.2, 0.25) is 0 Å². The van der Waals surface area contributed by atoms with Crippen molar-refractivity contribution in [1.82, 2.24) is 0 Å². The second kappa shape index (κ2) is 8.62. The molecule has 0 aliphatic heterocycles. The summed E-state index contributed by atoms with van der Waals surface area (Å²) in [6, 6.07) is 0. The number of amidine groups is 1. The molecule has 0 aromatic rings. The molecule has 0 unspecified atom stereocenters. The van der Waals surface area contributed by atoms with Crippen molar-refractivity contribution in [3.05, 3.63) is 12.7 Å². The molecule has 0 aromatic carbocycles. The van der Waals surface area contributed by atoms with Crippen molar-refractivity contribution in [2.45, 2.75) is 12.8 Å². The number of hydrogen-bond donors (Lipinski definition) is 2. The summed E-state index contributed by atoms with van der Waals surface area (Å²) in [5, 5.41) is 0.645. The predicted molar refractivity (Wildman–Crippen MR) is 57.4 cm³/mol. The summed E-state index contributed by atoms with van der Waals surface area (Å²) in [6.07, 6.45) is 3.85. The minimum atomic E-state index is 0.645. The summed E-state index contributed by atoms with van der Waals surface area (Å²) in [7, 11) is 0. The Morgan fingerprint density at radius 2 is 2.25 bits per heavy atom. The highest BCUT2D eigenvalue weighted by molar-refractivity contribution is 8.13. The smallest absolute Gasteiger partial charge is 0.154 e. The van der Waals surface area contributed by atoms with E-state index >= 15 is 0 Å². The van der Waals surface area contributed by atoms with Crippen molar-refractivity contribution in [3.63, 3.8) is 0 Å². The monoisotopic (exact) mass is 187 g/mol. The maximum absolute atomic E-state index is 5.58. The summed E-state index contributed by atoms with van der Waals surface area (Å²) in [6.45, 7) is 5.11. The summed E-state index contributed by atoms with van der Waals surface area (Å²) in [5.74, 6) is 0.826. The molecule has 0 heterocycles. The van der Waals surface area contributed by atoms with Gasteiger partial charge >= 0.3 is 0 Å². The maximum atomic E-state index is 5.58. The van der Waals surface area contributed by atoms with E-state index in [4.69, 9.17) is 11.5 Å². The van der Waals surface area contributed by atoms with Crippen LogP contribution in [0.15, 0.2) is 17.6 Å². The van der Waals surface area contributed by atoms with E-state index in [9.17, 15) is 0 Å². The summed E-state index contributed by atoms with van der Waals surface area (Å²) < 4.78 is 0. The van der Waals surface area contributed by atoms with Crippen LogP contribution in [0.2, 0.25) is 0 Å². The van der Waals surface area contributed by atoms with Crippen LogP contribution in [-0.2, 0) is 0 Å². The molecule has 4 N–H and O–H groups in total. The van der Waals surface area contributed by atoms with Gasteiger partial charge in [-0.25, -0.2) is 0 Å². The molecule has 0 spiro atoms. The molecule has 0 atom stereocenters. The lowest BCUT2D eigenvalue weighted by molar-refractivity contribution is 0.756. The number of aliphatic imine (C=N–C) groups is 1. The predicted octanol–water partition coefficient (Wildman–Crippen LogP) is 0.959. The number of hydrogen-bond acceptors (Lipinski definition) is 3. The molecule has 0 aliphatic rings. The molecule has 0 bridgehead atoms. The molecule has 12 heavy (non-hydrogen) atoms. The highest BCUT2D eigenvalue weighted by Gasteiger charge is 1.89. The SMILES string of the molecule is C=CCSC(N)=NCCCCN. The van der Waals surface area contributed by atoms with Crippen molar-refractivity contribution >= 4 is 16.9 Å². The lowest BCUT2D eigenvalue weighted by Crippen LogP contribution is -2.08. The Labute approximate surface area is 78.3 Å². The second-order valence-electron chi connectivity index (χ2n) is 2.32. The Bertz CT molecular complexity index is 145. The van der Waals surface area contributed by atoms with Crippen LogP contribution in [0.4, 0.5) is 0 Å². The van der Waals surface area contributed by atoms with Crippen LogP contribution < -0.4 is 11.5 Å². The van der Waals surface area contributed by atoms with Gasteiger partial charge in [-0.2, -0.15) is 0 Å². The molecule has 3 nitrogen and oxygen atoms in total. The molecule has 0 radical (unpaired) electrons. The zero-order chi connectivity index (χ0) is 9.23. The number of nitrogens with two attached hydrogens (primary N) is 2. The maximum Gasteiger partial charge on any atom is 0.154 e. The Kier molecular flexibility index (Phi) is 8.27. The Morgan fingerprint density at radius 1 is 1.50 bits per heavy atom. The first-order valence-electron chi connectivity index (χ1n) is 4.05. The molecule has 0 amide bonds. The van der Waals surface area contributed by atoms with Crippen molar-refractivity contribution in [3.8, 4) is 0 Å². The quantitative estimate of drug-likeness (QED) is 0.282. The average Bonchev–Trinajstić information content (AvgIpc) is 2.09. The van der Waals surface area contributed by atoms with Gasteiger partial charge in [0.1, 0.15) is 0 Å². The first-order chi connectivity index (χ1) is 5.81. The van der Waals surface area contributed by atoms with Gasteiger partial charge in [0, 0.05) is 12.3 Å². The van der Waals surface area contributed by atoms with Crippen LogP contribution in [0.3, 0.4) is 0 Å². The van der Waals surface area contributed by atoms with Crippen LogP contribution in [0, 0.1) is 0 Å². The van der Waals surface area contributed by atoms with Crippen LogP contribution >= 0.6 is 11.8 Å². The summed E-state index contributed by atoms with van der Waals surface area (Å²) in [5.41, 5.74) is 10.9. The van der Waals surface area contributed by atoms with E-state index in [0.717, 1.165) is 31.7 Å². The van der Waals surface area contributed by atoms with Crippen molar-refractivity contribution in [2.24, 2.45) is 16.5 Å². The lowest BCUT2D eigenvalue weighted by Gasteiger charge is -1.97. The van der Waals surface area contributed by atoms with E-state index in [1.165, 1.54) is 11.8 Å². The van der Waals surface area contributed by atoms with E-state index in [-0.39, 0.29) is 0 Å². The Balaban J connectivity index is 3.34. The highest BCUT2D eigenvalue weighted by atomic mass is 32.2. The van der Waals surface area contributed by atoms with Gasteiger partial charge in [0.05, 0.1) is 0 Å². The standard InChI is InChI=1S/C8H17N3S/c1-2-7-12-8(10)11-6-4-3-5-9/h2H,1,3-7,9H2,(H2,10,11). The van der Waals surface area contributed by atoms with Gasteiger partial charge in [0.25, 0.3) is 0 Å². The average molecular weight is 187 g/mol. The molecular weight excluding hydrogens is 170 g/mol. The lowest BCUT2D eigenvalue weighted by atomic mass is 10.3. The number of thioether (sulfide) groups is 1. The third kappa shape index (κ3) is 7.63.